The maximum atomic E-state index is 13.8. The number of hydrogen-bond donors (Lipinski definition) is 2. The zero-order chi connectivity index (χ0) is 22.3. The monoisotopic (exact) mass is 452 g/mol. The molecule has 1 amide bonds. The molecule has 0 aliphatic carbocycles. The summed E-state index contributed by atoms with van der Waals surface area (Å²) in [4.78, 5) is 12.8. The minimum atomic E-state index is -4.55. The molecule has 4 rings (SSSR count). The average molecular weight is 453 g/mol. The topological polar surface area (TPSA) is 59.0 Å². The number of nitrogens with zero attached hydrogens (tertiary/aromatic N) is 2. The van der Waals surface area contributed by atoms with Crippen LogP contribution < -0.4 is 10.6 Å². The van der Waals surface area contributed by atoms with Gasteiger partial charge < -0.3 is 10.6 Å². The Morgan fingerprint density at radius 1 is 1.23 bits per heavy atom. The first-order chi connectivity index (χ1) is 14.6. The van der Waals surface area contributed by atoms with Crippen LogP contribution in [0.5, 0.6) is 0 Å². The molecule has 0 saturated heterocycles. The Hall–Kier alpha value is -3.07. The van der Waals surface area contributed by atoms with Gasteiger partial charge in [0.1, 0.15) is 17.2 Å². The first-order valence-electron chi connectivity index (χ1n) is 9.37. The van der Waals surface area contributed by atoms with E-state index in [4.69, 9.17) is 11.6 Å². The van der Waals surface area contributed by atoms with Crippen LogP contribution in [0.15, 0.2) is 48.7 Å². The number of anilines is 2. The molecule has 0 bridgehead atoms. The molecule has 10 heteroatoms. The van der Waals surface area contributed by atoms with E-state index < -0.39 is 30.0 Å². The first kappa shape index (κ1) is 21.2. The highest BCUT2D eigenvalue weighted by molar-refractivity contribution is 6.31. The van der Waals surface area contributed by atoms with Gasteiger partial charge in [-0.2, -0.15) is 18.3 Å². The molecule has 2 N–H and O–H groups in total. The highest BCUT2D eigenvalue weighted by Crippen LogP contribution is 2.44. The number of fused-ring (bicyclic) bond motifs is 1. The Balaban J connectivity index is 1.68. The number of alkyl halides is 3. The number of carbonyl (C=O) groups excluding carboxylic acids is 1. The lowest BCUT2D eigenvalue weighted by Crippen LogP contribution is -2.36. The van der Waals surface area contributed by atoms with E-state index in [2.05, 4.69) is 15.7 Å². The van der Waals surface area contributed by atoms with Crippen molar-refractivity contribution in [2.24, 2.45) is 0 Å². The summed E-state index contributed by atoms with van der Waals surface area (Å²) in [5, 5.41) is 9.18. The second kappa shape index (κ2) is 7.88. The summed E-state index contributed by atoms with van der Waals surface area (Å²) in [5.41, 5.74) is 1.79. The van der Waals surface area contributed by atoms with Crippen molar-refractivity contribution in [3.05, 3.63) is 76.2 Å². The fraction of sp³-hybridized carbons (Fsp3) is 0.238. The molecule has 0 saturated carbocycles. The zero-order valence-electron chi connectivity index (χ0n) is 16.2. The number of aromatic nitrogens is 2. The predicted molar refractivity (Wildman–Crippen MR) is 109 cm³/mol. The van der Waals surface area contributed by atoms with E-state index in [-0.39, 0.29) is 28.5 Å². The van der Waals surface area contributed by atoms with Gasteiger partial charge in [0.15, 0.2) is 6.04 Å². The molecule has 2 unspecified atom stereocenters. The van der Waals surface area contributed by atoms with Gasteiger partial charge in [-0.05, 0) is 30.7 Å². The lowest BCUT2D eigenvalue weighted by atomic mass is 9.96. The van der Waals surface area contributed by atoms with E-state index in [9.17, 15) is 22.4 Å². The lowest BCUT2D eigenvalue weighted by molar-refractivity contribution is -0.173. The molecule has 1 aromatic heterocycles. The minimum Gasteiger partial charge on any atom is -0.363 e. The second-order valence-electron chi connectivity index (χ2n) is 7.34. The van der Waals surface area contributed by atoms with Crippen LogP contribution in [0.2, 0.25) is 5.02 Å². The fourth-order valence-electron chi connectivity index (χ4n) is 3.52. The van der Waals surface area contributed by atoms with Crippen LogP contribution in [0.1, 0.15) is 40.0 Å². The van der Waals surface area contributed by atoms with Crippen molar-refractivity contribution < 1.29 is 22.4 Å². The van der Waals surface area contributed by atoms with Crippen LogP contribution in [0, 0.1) is 12.7 Å². The van der Waals surface area contributed by atoms with Gasteiger partial charge in [0.05, 0.1) is 17.3 Å². The van der Waals surface area contributed by atoms with E-state index >= 15 is 0 Å². The van der Waals surface area contributed by atoms with Crippen molar-refractivity contribution in [3.8, 4) is 0 Å². The summed E-state index contributed by atoms with van der Waals surface area (Å²) in [6, 6.07) is 8.19. The number of benzene rings is 2. The summed E-state index contributed by atoms with van der Waals surface area (Å²) < 4.78 is 55.5. The largest absolute Gasteiger partial charge is 0.410 e. The van der Waals surface area contributed by atoms with E-state index in [1.807, 2.05) is 19.1 Å². The van der Waals surface area contributed by atoms with Crippen molar-refractivity contribution >= 4 is 29.0 Å². The number of rotatable bonds is 3. The maximum absolute atomic E-state index is 13.8. The highest BCUT2D eigenvalue weighted by Gasteiger charge is 2.47. The van der Waals surface area contributed by atoms with Gasteiger partial charge in [0.2, 0.25) is 0 Å². The van der Waals surface area contributed by atoms with Gasteiger partial charge in [-0.15, -0.1) is 0 Å². The van der Waals surface area contributed by atoms with Crippen LogP contribution in [0.25, 0.3) is 0 Å². The van der Waals surface area contributed by atoms with Crippen molar-refractivity contribution in [3.63, 3.8) is 0 Å². The van der Waals surface area contributed by atoms with Gasteiger partial charge in [0.25, 0.3) is 5.91 Å². The Morgan fingerprint density at radius 3 is 2.58 bits per heavy atom. The molecule has 1 aliphatic rings. The second-order valence-corrected chi connectivity index (χ2v) is 7.74. The molecule has 5 nitrogen and oxygen atoms in total. The molecular weight excluding hydrogens is 436 g/mol. The van der Waals surface area contributed by atoms with Crippen LogP contribution in [0.3, 0.4) is 0 Å². The third kappa shape index (κ3) is 4.23. The summed E-state index contributed by atoms with van der Waals surface area (Å²) >= 11 is 5.72. The van der Waals surface area contributed by atoms with E-state index in [1.54, 1.807) is 12.1 Å². The number of carbonyl (C=O) groups is 1. The summed E-state index contributed by atoms with van der Waals surface area (Å²) in [6.45, 7) is 1.88. The van der Waals surface area contributed by atoms with E-state index in [0.29, 0.717) is 5.56 Å². The van der Waals surface area contributed by atoms with E-state index in [1.165, 1.54) is 12.1 Å². The highest BCUT2D eigenvalue weighted by atomic mass is 35.5. The van der Waals surface area contributed by atoms with Crippen molar-refractivity contribution in [2.45, 2.75) is 31.6 Å². The van der Waals surface area contributed by atoms with Crippen molar-refractivity contribution in [2.75, 3.05) is 10.6 Å². The average Bonchev–Trinajstić information content (AvgIpc) is 3.14. The van der Waals surface area contributed by atoms with Gasteiger partial charge in [-0.25, -0.2) is 9.07 Å². The zero-order valence-corrected chi connectivity index (χ0v) is 16.9. The van der Waals surface area contributed by atoms with Crippen LogP contribution in [-0.4, -0.2) is 21.9 Å². The Bertz CT molecular complexity index is 1130. The van der Waals surface area contributed by atoms with Crippen LogP contribution >= 0.6 is 11.6 Å². The quantitative estimate of drug-likeness (QED) is 0.487. The molecule has 2 heterocycles. The fourth-order valence-corrected chi connectivity index (χ4v) is 3.70. The molecule has 31 heavy (non-hydrogen) atoms. The third-order valence-corrected chi connectivity index (χ3v) is 5.43. The predicted octanol–water partition coefficient (Wildman–Crippen LogP) is 5.90. The maximum Gasteiger partial charge on any atom is 0.410 e. The molecular formula is C21H17ClF4N4O. The Kier molecular flexibility index (Phi) is 5.38. The molecule has 162 valence electrons. The summed E-state index contributed by atoms with van der Waals surface area (Å²) in [7, 11) is 0. The molecule has 0 spiro atoms. The molecule has 0 fully saturated rings. The number of hydrogen-bond acceptors (Lipinski definition) is 3. The van der Waals surface area contributed by atoms with Gasteiger partial charge in [-0.3, -0.25) is 4.79 Å². The third-order valence-electron chi connectivity index (χ3n) is 5.14. The molecule has 2 aromatic carbocycles. The lowest BCUT2D eigenvalue weighted by Gasteiger charge is -2.34. The molecule has 3 aromatic rings. The number of amides is 1. The number of halogens is 5. The molecule has 1 aliphatic heterocycles. The van der Waals surface area contributed by atoms with E-state index in [0.717, 1.165) is 22.5 Å². The van der Waals surface area contributed by atoms with Gasteiger partial charge in [0, 0.05) is 12.1 Å². The first-order valence-corrected chi connectivity index (χ1v) is 9.75. The van der Waals surface area contributed by atoms with Crippen LogP contribution in [0.4, 0.5) is 29.1 Å². The molecule has 2 atom stereocenters. The normalized spacial score (nSPS) is 18.3. The van der Waals surface area contributed by atoms with Crippen molar-refractivity contribution in [1.82, 2.24) is 9.78 Å². The minimum absolute atomic E-state index is 0.0372. The Labute approximate surface area is 180 Å². The smallest absolute Gasteiger partial charge is 0.363 e. The van der Waals surface area contributed by atoms with Crippen LogP contribution in [-0.2, 0) is 0 Å². The number of nitrogens with one attached hydrogen (secondary N) is 2. The van der Waals surface area contributed by atoms with Crippen molar-refractivity contribution in [1.29, 1.82) is 0 Å². The Morgan fingerprint density at radius 2 is 1.94 bits per heavy atom. The van der Waals surface area contributed by atoms with Gasteiger partial charge in [-0.1, -0.05) is 41.4 Å². The SMILES string of the molecule is Cc1ccc(C2CC(C(F)(F)F)n3ncc(C(=O)Nc4ccc(F)c(Cl)c4)c3N2)cc1. The van der Waals surface area contributed by atoms with Gasteiger partial charge >= 0.3 is 6.18 Å². The number of aryl methyl sites for hydroxylation is 1. The summed E-state index contributed by atoms with van der Waals surface area (Å²) in [6.07, 6.45) is -3.74. The molecule has 0 radical (unpaired) electrons. The summed E-state index contributed by atoms with van der Waals surface area (Å²) in [5.74, 6) is -1.38. The standard InChI is InChI=1S/C21H17ClF4N4O/c1-11-2-4-12(5-3-11)17-9-18(21(24,25)26)30-19(29-17)14(10-27-30)20(31)28-13-6-7-16(23)15(22)8-13/h2-8,10,17-18,29H,9H2,1H3,(H,28,31).